The molecular weight excluding hydrogens is 176 g/mol. The lowest BCUT2D eigenvalue weighted by molar-refractivity contribution is 0.0802. The smallest absolute Gasteiger partial charge is 0.134 e. The minimum absolute atomic E-state index is 0.824. The summed E-state index contributed by atoms with van der Waals surface area (Å²) >= 11 is 0. The number of benzene rings is 1. The third-order valence-corrected chi connectivity index (χ3v) is 2.34. The zero-order valence-electron chi connectivity index (χ0n) is 8.66. The van der Waals surface area contributed by atoms with Crippen LogP contribution in [0.2, 0.25) is 0 Å². The van der Waals surface area contributed by atoms with E-state index in [2.05, 4.69) is 0 Å². The predicted octanol–water partition coefficient (Wildman–Crippen LogP) is 2.97. The SMILES string of the molecule is Cc1cc2c(C(C)(C)O)cccc2o1. The summed E-state index contributed by atoms with van der Waals surface area (Å²) < 4.78 is 5.49. The monoisotopic (exact) mass is 190 g/mol. The van der Waals surface area contributed by atoms with Gasteiger partial charge in [-0.25, -0.2) is 0 Å². The van der Waals surface area contributed by atoms with E-state index in [0.717, 1.165) is 22.3 Å². The first-order valence-electron chi connectivity index (χ1n) is 4.70. The number of furan rings is 1. The van der Waals surface area contributed by atoms with Crippen molar-refractivity contribution in [2.45, 2.75) is 26.4 Å². The molecule has 0 aliphatic carbocycles. The van der Waals surface area contributed by atoms with Gasteiger partial charge in [-0.3, -0.25) is 0 Å². The van der Waals surface area contributed by atoms with E-state index in [9.17, 15) is 5.11 Å². The Labute approximate surface area is 83.2 Å². The molecule has 1 N–H and O–H groups in total. The molecule has 74 valence electrons. The van der Waals surface area contributed by atoms with Crippen LogP contribution in [0.3, 0.4) is 0 Å². The van der Waals surface area contributed by atoms with E-state index in [-0.39, 0.29) is 0 Å². The van der Waals surface area contributed by atoms with Crippen LogP contribution in [0, 0.1) is 6.92 Å². The lowest BCUT2D eigenvalue weighted by atomic mass is 9.95. The number of fused-ring (bicyclic) bond motifs is 1. The van der Waals surface area contributed by atoms with Gasteiger partial charge in [0.1, 0.15) is 11.3 Å². The van der Waals surface area contributed by atoms with E-state index in [4.69, 9.17) is 4.42 Å². The molecular formula is C12H14O2. The number of rotatable bonds is 1. The summed E-state index contributed by atoms with van der Waals surface area (Å²) in [5.41, 5.74) is 0.921. The summed E-state index contributed by atoms with van der Waals surface area (Å²) in [6.07, 6.45) is 0. The quantitative estimate of drug-likeness (QED) is 0.750. The molecule has 0 radical (unpaired) electrons. The zero-order chi connectivity index (χ0) is 10.3. The molecule has 0 aliphatic rings. The van der Waals surface area contributed by atoms with Crippen LogP contribution < -0.4 is 0 Å². The summed E-state index contributed by atoms with van der Waals surface area (Å²) in [5, 5.41) is 11.0. The first-order valence-corrected chi connectivity index (χ1v) is 4.70. The lowest BCUT2D eigenvalue weighted by Crippen LogP contribution is -2.15. The predicted molar refractivity (Wildman–Crippen MR) is 56.2 cm³/mol. The molecule has 14 heavy (non-hydrogen) atoms. The second-order valence-corrected chi connectivity index (χ2v) is 4.13. The highest BCUT2D eigenvalue weighted by Crippen LogP contribution is 2.30. The fraction of sp³-hybridized carbons (Fsp3) is 0.333. The van der Waals surface area contributed by atoms with Crippen molar-refractivity contribution in [1.29, 1.82) is 0 Å². The third kappa shape index (κ3) is 1.42. The van der Waals surface area contributed by atoms with Gasteiger partial charge in [0.2, 0.25) is 0 Å². The van der Waals surface area contributed by atoms with Gasteiger partial charge in [0.25, 0.3) is 0 Å². The molecule has 1 aromatic carbocycles. The van der Waals surface area contributed by atoms with Crippen molar-refractivity contribution in [2.75, 3.05) is 0 Å². The summed E-state index contributed by atoms with van der Waals surface area (Å²) in [7, 11) is 0. The van der Waals surface area contributed by atoms with Gasteiger partial charge in [0.15, 0.2) is 0 Å². The zero-order valence-corrected chi connectivity index (χ0v) is 8.66. The van der Waals surface area contributed by atoms with Crippen LogP contribution >= 0.6 is 0 Å². The standard InChI is InChI=1S/C12H14O2/c1-8-7-9-10(12(2,3)13)5-4-6-11(9)14-8/h4-7,13H,1-3H3. The molecule has 0 bridgehead atoms. The molecule has 2 nitrogen and oxygen atoms in total. The highest BCUT2D eigenvalue weighted by atomic mass is 16.3. The van der Waals surface area contributed by atoms with E-state index >= 15 is 0 Å². The van der Waals surface area contributed by atoms with Crippen LogP contribution in [-0.4, -0.2) is 5.11 Å². The molecule has 0 aliphatic heterocycles. The minimum atomic E-state index is -0.824. The van der Waals surface area contributed by atoms with Crippen molar-refractivity contribution >= 4 is 11.0 Å². The number of hydrogen-bond acceptors (Lipinski definition) is 2. The average Bonchev–Trinajstić information content (AvgIpc) is 2.41. The molecule has 1 aromatic heterocycles. The number of aliphatic hydroxyl groups is 1. The van der Waals surface area contributed by atoms with Crippen LogP contribution in [0.15, 0.2) is 28.7 Å². The second kappa shape index (κ2) is 2.85. The van der Waals surface area contributed by atoms with E-state index in [1.807, 2.05) is 31.2 Å². The van der Waals surface area contributed by atoms with Crippen LogP contribution in [0.25, 0.3) is 11.0 Å². The Kier molecular flexibility index (Phi) is 1.89. The van der Waals surface area contributed by atoms with Gasteiger partial charge in [0.05, 0.1) is 5.60 Å². The molecule has 0 amide bonds. The maximum atomic E-state index is 9.95. The average molecular weight is 190 g/mol. The summed E-state index contributed by atoms with van der Waals surface area (Å²) in [4.78, 5) is 0. The molecule has 0 saturated carbocycles. The highest BCUT2D eigenvalue weighted by Gasteiger charge is 2.19. The Morgan fingerprint density at radius 3 is 2.64 bits per heavy atom. The van der Waals surface area contributed by atoms with Crippen molar-refractivity contribution < 1.29 is 9.52 Å². The third-order valence-electron chi connectivity index (χ3n) is 2.34. The van der Waals surface area contributed by atoms with Gasteiger partial charge in [-0.05, 0) is 38.5 Å². The Morgan fingerprint density at radius 1 is 1.29 bits per heavy atom. The number of aryl methyl sites for hydroxylation is 1. The van der Waals surface area contributed by atoms with Crippen molar-refractivity contribution in [2.24, 2.45) is 0 Å². The molecule has 0 atom stereocenters. The molecule has 0 fully saturated rings. The van der Waals surface area contributed by atoms with E-state index in [1.165, 1.54) is 0 Å². The van der Waals surface area contributed by atoms with Gasteiger partial charge in [-0.15, -0.1) is 0 Å². The van der Waals surface area contributed by atoms with E-state index in [0.29, 0.717) is 0 Å². The Hall–Kier alpha value is -1.28. The van der Waals surface area contributed by atoms with Crippen LogP contribution in [0.5, 0.6) is 0 Å². The largest absolute Gasteiger partial charge is 0.461 e. The number of hydrogen-bond donors (Lipinski definition) is 1. The summed E-state index contributed by atoms with van der Waals surface area (Å²) in [5.74, 6) is 0.872. The first kappa shape index (κ1) is 9.28. The highest BCUT2D eigenvalue weighted by molar-refractivity contribution is 5.82. The van der Waals surface area contributed by atoms with E-state index < -0.39 is 5.60 Å². The fourth-order valence-corrected chi connectivity index (χ4v) is 1.72. The Morgan fingerprint density at radius 2 is 2.00 bits per heavy atom. The van der Waals surface area contributed by atoms with Crippen LogP contribution in [-0.2, 0) is 5.60 Å². The van der Waals surface area contributed by atoms with E-state index in [1.54, 1.807) is 13.8 Å². The lowest BCUT2D eigenvalue weighted by Gasteiger charge is -2.18. The van der Waals surface area contributed by atoms with Gasteiger partial charge in [0, 0.05) is 5.39 Å². The minimum Gasteiger partial charge on any atom is -0.461 e. The molecule has 2 heteroatoms. The first-order chi connectivity index (χ1) is 6.48. The van der Waals surface area contributed by atoms with Crippen molar-refractivity contribution in [1.82, 2.24) is 0 Å². The van der Waals surface area contributed by atoms with Gasteiger partial charge < -0.3 is 9.52 Å². The Balaban J connectivity index is 2.77. The molecule has 1 heterocycles. The van der Waals surface area contributed by atoms with Crippen LogP contribution in [0.4, 0.5) is 0 Å². The van der Waals surface area contributed by atoms with Crippen molar-refractivity contribution in [3.8, 4) is 0 Å². The normalized spacial score (nSPS) is 12.3. The molecule has 2 aromatic rings. The molecule has 0 saturated heterocycles. The maximum absolute atomic E-state index is 9.95. The molecule has 0 unspecified atom stereocenters. The summed E-state index contributed by atoms with van der Waals surface area (Å²) in [6, 6.07) is 7.70. The van der Waals surface area contributed by atoms with Gasteiger partial charge in [-0.2, -0.15) is 0 Å². The van der Waals surface area contributed by atoms with Gasteiger partial charge in [-0.1, -0.05) is 12.1 Å². The summed E-state index contributed by atoms with van der Waals surface area (Å²) in [6.45, 7) is 5.47. The van der Waals surface area contributed by atoms with Gasteiger partial charge >= 0.3 is 0 Å². The van der Waals surface area contributed by atoms with Crippen molar-refractivity contribution in [3.05, 3.63) is 35.6 Å². The fourth-order valence-electron chi connectivity index (χ4n) is 1.72. The molecule has 2 rings (SSSR count). The topological polar surface area (TPSA) is 33.4 Å². The Bertz CT molecular complexity index is 461. The second-order valence-electron chi connectivity index (χ2n) is 4.13. The van der Waals surface area contributed by atoms with Crippen molar-refractivity contribution in [3.63, 3.8) is 0 Å². The van der Waals surface area contributed by atoms with Crippen LogP contribution in [0.1, 0.15) is 25.2 Å². The molecule has 0 spiro atoms. The maximum Gasteiger partial charge on any atom is 0.134 e.